The van der Waals surface area contributed by atoms with Crippen molar-refractivity contribution < 1.29 is 18.2 Å². The molecule has 0 radical (unpaired) electrons. The van der Waals surface area contributed by atoms with Crippen molar-refractivity contribution in [3.8, 4) is 22.1 Å². The molecule has 0 fully saturated rings. The molecule has 0 saturated heterocycles. The summed E-state index contributed by atoms with van der Waals surface area (Å²) < 4.78 is 25.4. The fraction of sp³-hybridized carbons (Fsp3) is 0.0870. The summed E-state index contributed by atoms with van der Waals surface area (Å²) in [7, 11) is 1.57. The number of ether oxygens (including phenoxy) is 2. The van der Waals surface area contributed by atoms with E-state index in [4.69, 9.17) is 21.1 Å². The first kappa shape index (κ1) is 24.0. The van der Waals surface area contributed by atoms with E-state index < -0.39 is 0 Å². The maximum Gasteiger partial charge on any atom is 0.296 e. The van der Waals surface area contributed by atoms with Gasteiger partial charge in [0, 0.05) is 34.5 Å². The van der Waals surface area contributed by atoms with Gasteiger partial charge in [0.15, 0.2) is 12.3 Å². The van der Waals surface area contributed by atoms with Gasteiger partial charge in [-0.05, 0) is 29.5 Å². The van der Waals surface area contributed by atoms with Crippen LogP contribution in [0, 0.1) is 0 Å². The third-order valence-electron chi connectivity index (χ3n) is 5.25. The number of anilines is 1. The Bertz CT molecular complexity index is 1560. The van der Waals surface area contributed by atoms with Crippen molar-refractivity contribution >= 4 is 57.2 Å². The minimum Gasteiger partial charge on any atom is -0.496 e. The summed E-state index contributed by atoms with van der Waals surface area (Å²) in [6, 6.07) is 12.4. The minimum absolute atomic E-state index is 0.0402. The smallest absolute Gasteiger partial charge is 0.296 e. The van der Waals surface area contributed by atoms with Gasteiger partial charge in [-0.3, -0.25) is 15.1 Å². The Balaban J connectivity index is 1.31. The number of pyridine rings is 1. The van der Waals surface area contributed by atoms with Crippen LogP contribution in [0.15, 0.2) is 61.1 Å². The molecular weight excluding hydrogens is 527 g/mol. The summed E-state index contributed by atoms with van der Waals surface area (Å²) in [5, 5.41) is 16.3. The van der Waals surface area contributed by atoms with Gasteiger partial charge < -0.3 is 9.47 Å². The van der Waals surface area contributed by atoms with Crippen molar-refractivity contribution in [1.29, 1.82) is 0 Å². The van der Waals surface area contributed by atoms with Crippen molar-refractivity contribution in [1.82, 2.24) is 24.4 Å². The van der Waals surface area contributed by atoms with Gasteiger partial charge in [-0.15, -0.1) is 8.98 Å². The number of amides is 1. The summed E-state index contributed by atoms with van der Waals surface area (Å²) in [6.07, 6.45) is 4.67. The van der Waals surface area contributed by atoms with Crippen LogP contribution in [0.25, 0.3) is 22.0 Å². The second-order valence-electron chi connectivity index (χ2n) is 7.29. The Labute approximate surface area is 217 Å². The number of aromatic nitrogens is 5. The Morgan fingerprint density at radius 2 is 2.03 bits per heavy atom. The van der Waals surface area contributed by atoms with E-state index in [0.29, 0.717) is 32.8 Å². The number of hydrogen-bond donors (Lipinski definition) is 1. The summed E-state index contributed by atoms with van der Waals surface area (Å²) in [5.41, 5.74) is 2.96. The molecule has 0 saturated carbocycles. The number of carbonyl (C=O) groups is 1. The predicted molar refractivity (Wildman–Crippen MR) is 137 cm³/mol. The van der Waals surface area contributed by atoms with E-state index in [1.54, 1.807) is 37.7 Å². The van der Waals surface area contributed by atoms with Crippen LogP contribution in [0.3, 0.4) is 0 Å². The van der Waals surface area contributed by atoms with Crippen LogP contribution in [0.2, 0.25) is 5.02 Å². The Morgan fingerprint density at radius 3 is 2.86 bits per heavy atom. The lowest BCUT2D eigenvalue weighted by atomic mass is 10.0. The molecule has 1 N–H and O–H groups in total. The van der Waals surface area contributed by atoms with Crippen LogP contribution in [0.5, 0.6) is 10.9 Å². The highest BCUT2D eigenvalue weighted by Gasteiger charge is 2.18. The zero-order valence-corrected chi connectivity index (χ0v) is 20.9. The molecule has 0 atom stereocenters. The van der Waals surface area contributed by atoms with Crippen LogP contribution in [0.1, 0.15) is 15.9 Å². The molecule has 1 amide bonds. The molecule has 5 aromatic rings. The quantitative estimate of drug-likeness (QED) is 0.261. The van der Waals surface area contributed by atoms with Crippen molar-refractivity contribution in [2.45, 2.75) is 6.61 Å². The second-order valence-corrected chi connectivity index (χ2v) is 9.12. The summed E-state index contributed by atoms with van der Waals surface area (Å²) in [4.78, 5) is 17.2. The monoisotopic (exact) mass is 542 g/mol. The first-order valence-electron chi connectivity index (χ1n) is 10.4. The normalized spacial score (nSPS) is 11.0. The topological polar surface area (TPSA) is 104 Å². The number of nitrogens with zero attached hydrogens (tertiary/aromatic N) is 5. The first-order valence-corrected chi connectivity index (χ1v) is 12.2. The van der Waals surface area contributed by atoms with E-state index in [-0.39, 0.29) is 35.2 Å². The van der Waals surface area contributed by atoms with E-state index in [1.807, 2.05) is 24.3 Å². The molecule has 5 rings (SSSR count). The first-order chi connectivity index (χ1) is 17.6. The fourth-order valence-electron chi connectivity index (χ4n) is 3.60. The lowest BCUT2D eigenvalue weighted by molar-refractivity contribution is 0.102. The second kappa shape index (κ2) is 10.5. The molecule has 36 heavy (non-hydrogen) atoms. The number of methoxy groups -OCH3 is 1. The third-order valence-corrected chi connectivity index (χ3v) is 6.71. The lowest BCUT2D eigenvalue weighted by Crippen LogP contribution is -2.13. The van der Waals surface area contributed by atoms with Crippen LogP contribution in [-0.4, -0.2) is 37.4 Å². The molecule has 2 aromatic carbocycles. The van der Waals surface area contributed by atoms with E-state index >= 15 is 0 Å². The molecule has 0 aliphatic carbocycles. The average molecular weight is 543 g/mol. The van der Waals surface area contributed by atoms with E-state index in [2.05, 4.69) is 25.6 Å². The van der Waals surface area contributed by atoms with E-state index in [9.17, 15) is 8.68 Å². The maximum absolute atomic E-state index is 13.1. The van der Waals surface area contributed by atoms with Gasteiger partial charge in [-0.25, -0.2) is 0 Å². The molecule has 0 unspecified atom stereocenters. The van der Waals surface area contributed by atoms with Crippen LogP contribution in [0.4, 0.5) is 9.02 Å². The van der Waals surface area contributed by atoms with Crippen molar-refractivity contribution in [2.75, 3.05) is 12.4 Å². The molecule has 3 heterocycles. The maximum atomic E-state index is 13.1. The zero-order chi connectivity index (χ0) is 25.1. The van der Waals surface area contributed by atoms with Gasteiger partial charge >= 0.3 is 0 Å². The van der Waals surface area contributed by atoms with Crippen LogP contribution < -0.4 is 14.8 Å². The Kier molecular flexibility index (Phi) is 6.98. The lowest BCUT2D eigenvalue weighted by Gasteiger charge is -2.11. The van der Waals surface area contributed by atoms with Crippen molar-refractivity contribution in [3.05, 3.63) is 77.2 Å². The molecule has 9 nitrogen and oxygen atoms in total. The number of hydrogen-bond acceptors (Lipinski definition) is 9. The Hall–Kier alpha value is -3.74. The number of para-hydroxylation sites is 1. The molecule has 3 aromatic heterocycles. The zero-order valence-electron chi connectivity index (χ0n) is 18.5. The SMILES string of the molecule is COc1ccccc1-c1cnccc1C(=O)Nc1nnc(OCc2ccc(Cl)c3c2cnn3SF)s1. The molecule has 0 spiro atoms. The number of rotatable bonds is 8. The largest absolute Gasteiger partial charge is 0.496 e. The summed E-state index contributed by atoms with van der Waals surface area (Å²) in [6.45, 7) is 0.126. The summed E-state index contributed by atoms with van der Waals surface area (Å²) >= 11 is 7.22. The Morgan fingerprint density at radius 1 is 1.17 bits per heavy atom. The van der Waals surface area contributed by atoms with Gasteiger partial charge in [0.2, 0.25) is 5.13 Å². The van der Waals surface area contributed by atoms with Gasteiger partial charge in [-0.2, -0.15) is 9.19 Å². The number of halogens is 2. The number of carbonyl (C=O) groups excluding carboxylic acids is 1. The number of benzene rings is 2. The molecular formula is C23H16ClFN6O3S2. The molecule has 13 heteroatoms. The summed E-state index contributed by atoms with van der Waals surface area (Å²) in [5.74, 6) is 0.245. The minimum atomic E-state index is -0.378. The predicted octanol–water partition coefficient (Wildman–Crippen LogP) is 5.82. The molecule has 0 aliphatic heterocycles. The van der Waals surface area contributed by atoms with Crippen molar-refractivity contribution in [2.24, 2.45) is 0 Å². The van der Waals surface area contributed by atoms with Gasteiger partial charge in [0.25, 0.3) is 11.1 Å². The van der Waals surface area contributed by atoms with Gasteiger partial charge in [0.1, 0.15) is 17.9 Å². The highest BCUT2D eigenvalue weighted by Crippen LogP contribution is 2.33. The van der Waals surface area contributed by atoms with Crippen LogP contribution >= 0.6 is 35.3 Å². The van der Waals surface area contributed by atoms with E-state index in [0.717, 1.165) is 26.6 Å². The average Bonchev–Trinajstić information content (AvgIpc) is 3.56. The number of nitrogens with one attached hydrogen (secondary N) is 1. The standard InChI is InChI=1S/C23H16ClFN6O3S2/c1-33-19-5-3-2-4-14(19)17-10-26-9-8-15(17)21(32)28-22-29-30-23(35-22)34-12-13-6-7-18(24)20-16(13)11-27-31(20)36-25/h2-11H,12H2,1H3,(H,28,29,32). The third kappa shape index (κ3) is 4.70. The van der Waals surface area contributed by atoms with Gasteiger partial charge in [-0.1, -0.05) is 41.0 Å². The van der Waals surface area contributed by atoms with Gasteiger partial charge in [0.05, 0.1) is 23.9 Å². The van der Waals surface area contributed by atoms with Crippen molar-refractivity contribution in [3.63, 3.8) is 0 Å². The molecule has 0 aliphatic rings. The molecule has 182 valence electrons. The van der Waals surface area contributed by atoms with Crippen LogP contribution in [-0.2, 0) is 6.61 Å². The number of fused-ring (bicyclic) bond motifs is 1. The van der Waals surface area contributed by atoms with E-state index in [1.165, 1.54) is 6.20 Å². The molecule has 0 bridgehead atoms. The highest BCUT2D eigenvalue weighted by atomic mass is 35.5. The fourth-order valence-corrected chi connectivity index (χ4v) is 4.84. The highest BCUT2D eigenvalue weighted by molar-refractivity contribution is 7.92.